The molecule has 114 valence electrons. The molecular formula is C15H20N2O4. The maximum absolute atomic E-state index is 12.0. The van der Waals surface area contributed by atoms with Gasteiger partial charge in [-0.1, -0.05) is 0 Å². The van der Waals surface area contributed by atoms with Crippen molar-refractivity contribution in [3.05, 3.63) is 23.8 Å². The third kappa shape index (κ3) is 3.80. The summed E-state index contributed by atoms with van der Waals surface area (Å²) >= 11 is 0. The Morgan fingerprint density at radius 3 is 2.81 bits per heavy atom. The average Bonchev–Trinajstić information content (AvgIpc) is 2.46. The first kappa shape index (κ1) is 15.5. The SMILES string of the molecule is COCCN1C(=O)CCc2cc(NC(=O)COC)ccc21. The molecule has 1 N–H and O–H groups in total. The fourth-order valence-electron chi connectivity index (χ4n) is 2.39. The van der Waals surface area contributed by atoms with Crippen LogP contribution in [-0.2, 0) is 25.5 Å². The molecule has 0 spiro atoms. The van der Waals surface area contributed by atoms with Gasteiger partial charge in [0.2, 0.25) is 11.8 Å². The Labute approximate surface area is 124 Å². The monoisotopic (exact) mass is 292 g/mol. The number of nitrogens with zero attached hydrogens (tertiary/aromatic N) is 1. The standard InChI is InChI=1S/C15H20N2O4/c1-20-8-7-17-13-5-4-12(16-14(18)10-21-2)9-11(13)3-6-15(17)19/h4-5,9H,3,6-8,10H2,1-2H3,(H,16,18). The lowest BCUT2D eigenvalue weighted by molar-refractivity contribution is -0.120. The fraction of sp³-hybridized carbons (Fsp3) is 0.467. The molecule has 6 nitrogen and oxygen atoms in total. The predicted molar refractivity (Wildman–Crippen MR) is 79.5 cm³/mol. The van der Waals surface area contributed by atoms with Gasteiger partial charge in [-0.3, -0.25) is 9.59 Å². The number of amides is 2. The first-order valence-electron chi connectivity index (χ1n) is 6.86. The molecule has 1 aromatic rings. The molecule has 0 bridgehead atoms. The largest absolute Gasteiger partial charge is 0.383 e. The Hall–Kier alpha value is -1.92. The minimum Gasteiger partial charge on any atom is -0.383 e. The van der Waals surface area contributed by atoms with Crippen LogP contribution in [0.5, 0.6) is 0 Å². The molecule has 1 heterocycles. The van der Waals surface area contributed by atoms with E-state index in [0.29, 0.717) is 26.0 Å². The summed E-state index contributed by atoms with van der Waals surface area (Å²) in [5.74, 6) is -0.0868. The highest BCUT2D eigenvalue weighted by Crippen LogP contribution is 2.30. The van der Waals surface area contributed by atoms with Crippen LogP contribution in [0, 0.1) is 0 Å². The Morgan fingerprint density at radius 2 is 2.10 bits per heavy atom. The third-order valence-corrected chi connectivity index (χ3v) is 3.36. The molecule has 0 saturated heterocycles. The van der Waals surface area contributed by atoms with Crippen LogP contribution in [0.2, 0.25) is 0 Å². The van der Waals surface area contributed by atoms with Gasteiger partial charge in [0.05, 0.1) is 6.61 Å². The molecule has 0 aliphatic carbocycles. The summed E-state index contributed by atoms with van der Waals surface area (Å²) in [5, 5.41) is 2.77. The second kappa shape index (κ2) is 7.19. The zero-order valence-electron chi connectivity index (χ0n) is 12.3. The van der Waals surface area contributed by atoms with Crippen LogP contribution in [-0.4, -0.2) is 45.8 Å². The summed E-state index contributed by atoms with van der Waals surface area (Å²) in [6.45, 7) is 1.06. The first-order chi connectivity index (χ1) is 10.2. The van der Waals surface area contributed by atoms with Gasteiger partial charge in [-0.2, -0.15) is 0 Å². The summed E-state index contributed by atoms with van der Waals surface area (Å²) in [5.41, 5.74) is 2.67. The van der Waals surface area contributed by atoms with Crippen molar-refractivity contribution in [3.8, 4) is 0 Å². The number of hydrogen-bond donors (Lipinski definition) is 1. The quantitative estimate of drug-likeness (QED) is 0.855. The van der Waals surface area contributed by atoms with E-state index in [1.165, 1.54) is 7.11 Å². The maximum atomic E-state index is 12.0. The molecule has 0 radical (unpaired) electrons. The molecule has 21 heavy (non-hydrogen) atoms. The molecule has 1 aromatic carbocycles. The van der Waals surface area contributed by atoms with E-state index in [-0.39, 0.29) is 18.4 Å². The van der Waals surface area contributed by atoms with Crippen molar-refractivity contribution >= 4 is 23.2 Å². The van der Waals surface area contributed by atoms with E-state index in [0.717, 1.165) is 16.9 Å². The molecule has 0 unspecified atom stereocenters. The lowest BCUT2D eigenvalue weighted by Crippen LogP contribution is -2.37. The average molecular weight is 292 g/mol. The Balaban J connectivity index is 2.16. The minimum absolute atomic E-state index is 0.0233. The Morgan fingerprint density at radius 1 is 1.29 bits per heavy atom. The van der Waals surface area contributed by atoms with E-state index in [9.17, 15) is 9.59 Å². The third-order valence-electron chi connectivity index (χ3n) is 3.36. The van der Waals surface area contributed by atoms with Gasteiger partial charge < -0.3 is 19.7 Å². The fourth-order valence-corrected chi connectivity index (χ4v) is 2.39. The highest BCUT2D eigenvalue weighted by molar-refractivity contribution is 5.97. The number of anilines is 2. The normalized spacial score (nSPS) is 14.0. The van der Waals surface area contributed by atoms with Crippen LogP contribution in [0.1, 0.15) is 12.0 Å². The maximum Gasteiger partial charge on any atom is 0.250 e. The molecule has 1 aliphatic rings. The number of aryl methyl sites for hydroxylation is 1. The smallest absolute Gasteiger partial charge is 0.250 e. The molecule has 0 saturated carbocycles. The topological polar surface area (TPSA) is 67.9 Å². The van der Waals surface area contributed by atoms with Crippen LogP contribution in [0.15, 0.2) is 18.2 Å². The van der Waals surface area contributed by atoms with E-state index in [4.69, 9.17) is 9.47 Å². The van der Waals surface area contributed by atoms with Crippen molar-refractivity contribution in [3.63, 3.8) is 0 Å². The van der Waals surface area contributed by atoms with Gasteiger partial charge in [-0.05, 0) is 30.2 Å². The van der Waals surface area contributed by atoms with Gasteiger partial charge in [0.15, 0.2) is 0 Å². The van der Waals surface area contributed by atoms with Gasteiger partial charge in [-0.25, -0.2) is 0 Å². The van der Waals surface area contributed by atoms with Crippen LogP contribution < -0.4 is 10.2 Å². The molecule has 1 aliphatic heterocycles. The molecule has 0 fully saturated rings. The number of hydrogen-bond acceptors (Lipinski definition) is 4. The van der Waals surface area contributed by atoms with E-state index in [1.807, 2.05) is 12.1 Å². The molecule has 6 heteroatoms. The highest BCUT2D eigenvalue weighted by Gasteiger charge is 2.24. The number of ether oxygens (including phenoxy) is 2. The lowest BCUT2D eigenvalue weighted by atomic mass is 10.0. The zero-order chi connectivity index (χ0) is 15.2. The van der Waals surface area contributed by atoms with Crippen LogP contribution in [0.4, 0.5) is 11.4 Å². The lowest BCUT2D eigenvalue weighted by Gasteiger charge is -2.29. The predicted octanol–water partition coefficient (Wildman–Crippen LogP) is 1.20. The van der Waals surface area contributed by atoms with Crippen LogP contribution >= 0.6 is 0 Å². The Bertz CT molecular complexity index is 530. The van der Waals surface area contributed by atoms with E-state index in [1.54, 1.807) is 18.1 Å². The van der Waals surface area contributed by atoms with Gasteiger partial charge in [-0.15, -0.1) is 0 Å². The second-order valence-electron chi connectivity index (χ2n) is 4.86. The number of methoxy groups -OCH3 is 2. The number of fused-ring (bicyclic) bond motifs is 1. The van der Waals surface area contributed by atoms with Crippen molar-refractivity contribution in [1.82, 2.24) is 0 Å². The number of rotatable bonds is 6. The van der Waals surface area contributed by atoms with Crippen molar-refractivity contribution in [2.75, 3.05) is 44.2 Å². The van der Waals surface area contributed by atoms with Crippen molar-refractivity contribution in [1.29, 1.82) is 0 Å². The number of benzene rings is 1. The first-order valence-corrected chi connectivity index (χ1v) is 6.86. The highest BCUT2D eigenvalue weighted by atomic mass is 16.5. The molecule has 2 rings (SSSR count). The summed E-state index contributed by atoms with van der Waals surface area (Å²) in [4.78, 5) is 25.3. The van der Waals surface area contributed by atoms with Gasteiger partial charge >= 0.3 is 0 Å². The van der Waals surface area contributed by atoms with Gasteiger partial charge in [0, 0.05) is 38.6 Å². The van der Waals surface area contributed by atoms with Crippen molar-refractivity contribution in [2.24, 2.45) is 0 Å². The molecule has 0 aromatic heterocycles. The molecule has 2 amide bonds. The zero-order valence-corrected chi connectivity index (χ0v) is 12.3. The minimum atomic E-state index is -0.194. The van der Waals surface area contributed by atoms with Crippen LogP contribution in [0.25, 0.3) is 0 Å². The number of nitrogens with one attached hydrogen (secondary N) is 1. The molecule has 0 atom stereocenters. The summed E-state index contributed by atoms with van der Waals surface area (Å²) in [7, 11) is 3.09. The number of carbonyl (C=O) groups excluding carboxylic acids is 2. The Kier molecular flexibility index (Phi) is 5.30. The van der Waals surface area contributed by atoms with Crippen molar-refractivity contribution in [2.45, 2.75) is 12.8 Å². The van der Waals surface area contributed by atoms with E-state index < -0.39 is 0 Å². The van der Waals surface area contributed by atoms with Crippen molar-refractivity contribution < 1.29 is 19.1 Å². The van der Waals surface area contributed by atoms with Crippen LogP contribution in [0.3, 0.4) is 0 Å². The van der Waals surface area contributed by atoms with Gasteiger partial charge in [0.1, 0.15) is 6.61 Å². The molecular weight excluding hydrogens is 272 g/mol. The summed E-state index contributed by atoms with van der Waals surface area (Å²) in [6, 6.07) is 5.57. The van der Waals surface area contributed by atoms with E-state index in [2.05, 4.69) is 5.32 Å². The second-order valence-corrected chi connectivity index (χ2v) is 4.86. The van der Waals surface area contributed by atoms with Gasteiger partial charge in [0.25, 0.3) is 0 Å². The summed E-state index contributed by atoms with van der Waals surface area (Å²) in [6.07, 6.45) is 1.16. The summed E-state index contributed by atoms with van der Waals surface area (Å²) < 4.78 is 9.83. The number of carbonyl (C=O) groups is 2. The van der Waals surface area contributed by atoms with E-state index >= 15 is 0 Å².